The van der Waals surface area contributed by atoms with Gasteiger partial charge in [0.25, 0.3) is 5.91 Å². The Hall–Kier alpha value is -5.39. The van der Waals surface area contributed by atoms with Gasteiger partial charge in [-0.15, -0.1) is 0 Å². The monoisotopic (exact) mass is 873 g/mol. The van der Waals surface area contributed by atoms with Gasteiger partial charge in [-0.25, -0.2) is 19.6 Å². The number of carbonyl (C=O) groups excluding carboxylic acids is 1. The summed E-state index contributed by atoms with van der Waals surface area (Å²) in [5, 5.41) is 12.2. The summed E-state index contributed by atoms with van der Waals surface area (Å²) in [5.74, 6) is 1.46. The van der Waals surface area contributed by atoms with Crippen LogP contribution in [0.15, 0.2) is 122 Å². The molecule has 1 aliphatic rings. The van der Waals surface area contributed by atoms with E-state index in [0.717, 1.165) is 28.2 Å². The topological polar surface area (TPSA) is 146 Å². The maximum atomic E-state index is 13.2. The number of aromatic nitrogens is 4. The molecule has 0 bridgehead atoms. The lowest BCUT2D eigenvalue weighted by Gasteiger charge is -2.39. The van der Waals surface area contributed by atoms with Crippen LogP contribution < -0.4 is 14.8 Å². The molecule has 15 heteroatoms. The maximum absolute atomic E-state index is 13.2. The molecule has 1 saturated heterocycles. The van der Waals surface area contributed by atoms with Crippen LogP contribution in [0, 0.1) is 11.3 Å². The van der Waals surface area contributed by atoms with Crippen molar-refractivity contribution >= 4 is 41.8 Å². The smallest absolute Gasteiger partial charge is 0.256 e. The number of nitriles is 1. The van der Waals surface area contributed by atoms with Crippen molar-refractivity contribution < 1.29 is 28.3 Å². The minimum atomic E-state index is -1.24. The van der Waals surface area contributed by atoms with Crippen molar-refractivity contribution in [2.75, 3.05) is 32.8 Å². The van der Waals surface area contributed by atoms with Crippen LogP contribution in [0.2, 0.25) is 0 Å². The zero-order valence-corrected chi connectivity index (χ0v) is 37.5. The minimum absolute atomic E-state index is 0.134. The van der Waals surface area contributed by atoms with E-state index in [1.807, 2.05) is 89.5 Å². The third kappa shape index (κ3) is 9.79. The van der Waals surface area contributed by atoms with E-state index < -0.39 is 25.4 Å². The average Bonchev–Trinajstić information content (AvgIpc) is 3.92. The van der Waals surface area contributed by atoms with Gasteiger partial charge in [0.2, 0.25) is 0 Å². The molecule has 0 saturated carbocycles. The second-order valence-corrected chi connectivity index (χ2v) is 18.8. The number of nitrogens with one attached hydrogen (secondary N) is 1. The first-order chi connectivity index (χ1) is 30.2. The molecule has 13 nitrogen and oxygen atoms in total. The van der Waals surface area contributed by atoms with Gasteiger partial charge in [0, 0.05) is 29.3 Å². The predicted octanol–water partition coefficient (Wildman–Crippen LogP) is 9.77. The number of nitrogens with zero attached hydrogens (tertiary/aromatic N) is 6. The summed E-state index contributed by atoms with van der Waals surface area (Å²) >= 11 is 1.74. The zero-order chi connectivity index (χ0) is 43.6. The third-order valence-corrected chi connectivity index (χ3v) is 15.5. The van der Waals surface area contributed by atoms with Gasteiger partial charge in [-0.1, -0.05) is 84.2 Å². The van der Waals surface area contributed by atoms with Crippen LogP contribution in [0.3, 0.4) is 0 Å². The molecule has 1 N–H and O–H groups in total. The van der Waals surface area contributed by atoms with E-state index in [2.05, 4.69) is 65.9 Å². The number of imidazole rings is 1. The molecule has 1 amide bonds. The normalized spacial score (nSPS) is 17.1. The number of hydrogen-bond donors (Lipinski definition) is 1. The molecule has 62 heavy (non-hydrogen) atoms. The molecule has 1 fully saturated rings. The van der Waals surface area contributed by atoms with Crippen molar-refractivity contribution in [3.63, 3.8) is 0 Å². The van der Waals surface area contributed by atoms with Crippen molar-refractivity contribution in [2.45, 2.75) is 75.8 Å². The second kappa shape index (κ2) is 20.7. The lowest BCUT2D eigenvalue weighted by molar-refractivity contribution is -0.0747. The van der Waals surface area contributed by atoms with Gasteiger partial charge in [-0.05, 0) is 80.8 Å². The van der Waals surface area contributed by atoms with E-state index >= 15 is 0 Å². The molecule has 0 aliphatic carbocycles. The molecule has 3 heterocycles. The van der Waals surface area contributed by atoms with Crippen LogP contribution in [0.1, 0.15) is 73.8 Å². The van der Waals surface area contributed by atoms with Crippen LogP contribution in [-0.2, 0) is 19.6 Å². The molecule has 7 rings (SSSR count). The second-order valence-electron chi connectivity index (χ2n) is 15.2. The van der Waals surface area contributed by atoms with Crippen LogP contribution in [0.25, 0.3) is 11.2 Å². The van der Waals surface area contributed by atoms with Crippen molar-refractivity contribution in [2.24, 2.45) is 0 Å². The number of fused-ring (bicyclic) bond motifs is 1. The maximum Gasteiger partial charge on any atom is 0.256 e. The zero-order valence-electron chi connectivity index (χ0n) is 35.8. The van der Waals surface area contributed by atoms with Gasteiger partial charge in [-0.2, -0.15) is 5.26 Å². The highest BCUT2D eigenvalue weighted by Gasteiger charge is 2.45. The first-order valence-corrected chi connectivity index (χ1v) is 23.3. The highest BCUT2D eigenvalue weighted by atomic mass is 32.7. The standard InChI is InChI=1S/C47H52N7O6PS/c1-32(2)54(33(3)4)61(59-27-13-26-48)62-41-28-42(53-31-51-43-44(49-30-50-45(43)53)52-46(55)34-14-9-7-10-15-34)60-40(41)29-58-47(35-16-11-8-12-17-35,36-18-22-38(56-5)23-19-36)37-20-24-39(57-6)25-21-37/h7-12,14-25,30-33,40-42H,13,27-29H2,1-6H3,(H,49,50,52,55)/t40-,41+,42-,61?/m1/s1. The van der Waals surface area contributed by atoms with E-state index in [9.17, 15) is 10.1 Å². The Labute approximate surface area is 368 Å². The van der Waals surface area contributed by atoms with Gasteiger partial charge in [-0.3, -0.25) is 9.36 Å². The number of hydrogen-bond acceptors (Lipinski definition) is 12. The van der Waals surface area contributed by atoms with Crippen molar-refractivity contribution in [3.8, 4) is 17.6 Å². The molecular formula is C47H52N7O6PS. The lowest BCUT2D eigenvalue weighted by atomic mass is 9.80. The Morgan fingerprint density at radius 1 is 0.887 bits per heavy atom. The molecule has 4 atom stereocenters. The van der Waals surface area contributed by atoms with E-state index in [4.69, 9.17) is 28.5 Å². The molecule has 4 aromatic carbocycles. The first-order valence-electron chi connectivity index (χ1n) is 20.6. The highest BCUT2D eigenvalue weighted by Crippen LogP contribution is 2.61. The summed E-state index contributed by atoms with van der Waals surface area (Å²) in [5.41, 5.74) is 3.14. The molecule has 322 valence electrons. The third-order valence-electron chi connectivity index (χ3n) is 10.6. The summed E-state index contributed by atoms with van der Waals surface area (Å²) in [6.45, 7) is 9.17. The average molecular weight is 874 g/mol. The van der Waals surface area contributed by atoms with E-state index in [-0.39, 0.29) is 36.3 Å². The summed E-state index contributed by atoms with van der Waals surface area (Å²) in [7, 11) is 2.06. The number of anilines is 1. The fraction of sp³-hybridized carbons (Fsp3) is 0.340. The minimum Gasteiger partial charge on any atom is -0.497 e. The lowest BCUT2D eigenvalue weighted by Crippen LogP contribution is -2.38. The summed E-state index contributed by atoms with van der Waals surface area (Å²) < 4.78 is 36.6. The summed E-state index contributed by atoms with van der Waals surface area (Å²) in [6.07, 6.45) is 3.00. The number of ether oxygens (including phenoxy) is 4. The molecule has 0 radical (unpaired) electrons. The fourth-order valence-corrected chi connectivity index (χ4v) is 13.0. The largest absolute Gasteiger partial charge is 0.497 e. The molecule has 1 aliphatic heterocycles. The van der Waals surface area contributed by atoms with Crippen LogP contribution >= 0.6 is 18.9 Å². The van der Waals surface area contributed by atoms with E-state index in [1.54, 1.807) is 44.1 Å². The number of rotatable bonds is 19. The Kier molecular flexibility index (Phi) is 14.9. The summed E-state index contributed by atoms with van der Waals surface area (Å²) in [4.78, 5) is 26.9. The summed E-state index contributed by atoms with van der Waals surface area (Å²) in [6, 6.07) is 37.7. The predicted molar refractivity (Wildman–Crippen MR) is 243 cm³/mol. The molecule has 6 aromatic rings. The van der Waals surface area contributed by atoms with Gasteiger partial charge < -0.3 is 28.8 Å². The van der Waals surface area contributed by atoms with Gasteiger partial charge >= 0.3 is 0 Å². The van der Waals surface area contributed by atoms with Crippen LogP contribution in [-0.4, -0.2) is 81.0 Å². The van der Waals surface area contributed by atoms with Crippen LogP contribution in [0.5, 0.6) is 11.5 Å². The van der Waals surface area contributed by atoms with Gasteiger partial charge in [0.1, 0.15) is 29.7 Å². The number of amides is 1. The molecule has 0 spiro atoms. The molecule has 2 aromatic heterocycles. The fourth-order valence-electron chi connectivity index (χ4n) is 7.75. The van der Waals surface area contributed by atoms with Crippen molar-refractivity contribution in [1.29, 1.82) is 5.26 Å². The van der Waals surface area contributed by atoms with Gasteiger partial charge in [0.15, 0.2) is 24.5 Å². The Morgan fingerprint density at radius 2 is 1.48 bits per heavy atom. The Morgan fingerprint density at radius 3 is 2.06 bits per heavy atom. The van der Waals surface area contributed by atoms with E-state index in [1.165, 1.54) is 6.33 Å². The van der Waals surface area contributed by atoms with E-state index in [0.29, 0.717) is 35.6 Å². The number of benzene rings is 4. The van der Waals surface area contributed by atoms with Crippen LogP contribution in [0.4, 0.5) is 5.82 Å². The number of methoxy groups -OCH3 is 2. The molecule has 1 unspecified atom stereocenters. The SMILES string of the molecule is COc1ccc(C(OC[C@H]2O[C@@H](n3cnc4c(NC(=O)c5ccccc5)ncnc43)C[C@@H]2SP(OCCC#N)N(C(C)C)C(C)C)(c2ccccc2)c2ccc(OC)cc2)cc1. The van der Waals surface area contributed by atoms with Crippen molar-refractivity contribution in [1.82, 2.24) is 24.2 Å². The Bertz CT molecular complexity index is 2360. The quantitative estimate of drug-likeness (QED) is 0.0470. The molecular weight excluding hydrogens is 822 g/mol. The number of carbonyl (C=O) groups is 1. The first kappa shape index (κ1) is 44.7. The highest BCUT2D eigenvalue weighted by molar-refractivity contribution is 8.53. The Balaban J connectivity index is 1.28. The van der Waals surface area contributed by atoms with Gasteiger partial charge in [0.05, 0.1) is 52.4 Å². The van der Waals surface area contributed by atoms with Crippen molar-refractivity contribution in [3.05, 3.63) is 144 Å².